The summed E-state index contributed by atoms with van der Waals surface area (Å²) in [7, 11) is -3.67. The lowest BCUT2D eigenvalue weighted by Gasteiger charge is -2.08. The minimum atomic E-state index is -3.67. The molecular formula is C14H14FNO4S. The molecule has 1 saturated carbocycles. The van der Waals surface area contributed by atoms with Crippen molar-refractivity contribution in [3.8, 4) is 6.07 Å². The Morgan fingerprint density at radius 2 is 2.19 bits per heavy atom. The topological polar surface area (TPSA) is 84.2 Å². The van der Waals surface area contributed by atoms with Gasteiger partial charge in [-0.25, -0.2) is 12.8 Å². The van der Waals surface area contributed by atoms with Crippen LogP contribution in [0.15, 0.2) is 24.3 Å². The van der Waals surface area contributed by atoms with Gasteiger partial charge in [-0.2, -0.15) is 5.26 Å². The summed E-state index contributed by atoms with van der Waals surface area (Å²) in [5.74, 6) is -2.34. The van der Waals surface area contributed by atoms with Crippen LogP contribution >= 0.6 is 0 Å². The fraction of sp³-hybridized carbons (Fsp3) is 0.429. The summed E-state index contributed by atoms with van der Waals surface area (Å²) in [4.78, 5) is 12.1. The molecule has 0 saturated heterocycles. The van der Waals surface area contributed by atoms with Crippen molar-refractivity contribution in [1.82, 2.24) is 0 Å². The number of carbonyl (C=O) groups excluding carboxylic acids is 1. The van der Waals surface area contributed by atoms with Gasteiger partial charge in [0.25, 0.3) is 0 Å². The van der Waals surface area contributed by atoms with E-state index >= 15 is 0 Å². The van der Waals surface area contributed by atoms with Gasteiger partial charge >= 0.3 is 5.97 Å². The Morgan fingerprint density at radius 1 is 1.52 bits per heavy atom. The van der Waals surface area contributed by atoms with Gasteiger partial charge in [0.05, 0.1) is 12.7 Å². The van der Waals surface area contributed by atoms with Gasteiger partial charge in [-0.3, -0.25) is 4.79 Å². The molecule has 0 heterocycles. The van der Waals surface area contributed by atoms with Crippen molar-refractivity contribution in [3.05, 3.63) is 35.6 Å². The van der Waals surface area contributed by atoms with E-state index in [9.17, 15) is 22.9 Å². The molecule has 1 aromatic carbocycles. The van der Waals surface area contributed by atoms with E-state index in [2.05, 4.69) is 0 Å². The molecule has 1 aromatic rings. The summed E-state index contributed by atoms with van der Waals surface area (Å²) < 4.78 is 42.0. The molecule has 1 fully saturated rings. The number of nitrogens with zero attached hydrogens (tertiary/aromatic N) is 1. The van der Waals surface area contributed by atoms with Crippen LogP contribution in [0.2, 0.25) is 0 Å². The van der Waals surface area contributed by atoms with E-state index in [-0.39, 0.29) is 6.61 Å². The molecule has 0 radical (unpaired) electrons. The molecule has 7 heteroatoms. The van der Waals surface area contributed by atoms with Gasteiger partial charge in [0.2, 0.25) is 0 Å². The Kier molecular flexibility index (Phi) is 3.76. The Morgan fingerprint density at radius 3 is 2.67 bits per heavy atom. The van der Waals surface area contributed by atoms with Crippen LogP contribution in [0.25, 0.3) is 0 Å². The molecule has 112 valence electrons. The summed E-state index contributed by atoms with van der Waals surface area (Å²) in [6.07, 6.45) is 0.961. The highest BCUT2D eigenvalue weighted by atomic mass is 32.2. The Hall–Kier alpha value is -1.94. The lowest BCUT2D eigenvalue weighted by molar-refractivity contribution is -0.147. The van der Waals surface area contributed by atoms with Gasteiger partial charge in [-0.15, -0.1) is 0 Å². The van der Waals surface area contributed by atoms with Crippen LogP contribution < -0.4 is 0 Å². The number of rotatable bonds is 4. The van der Waals surface area contributed by atoms with Crippen LogP contribution in [0.4, 0.5) is 4.39 Å². The molecule has 0 unspecified atom stereocenters. The Balaban J connectivity index is 2.53. The van der Waals surface area contributed by atoms with Crippen LogP contribution in [0.5, 0.6) is 0 Å². The average molecular weight is 311 g/mol. The number of halogens is 1. The highest BCUT2D eigenvalue weighted by Gasteiger charge is 2.76. The van der Waals surface area contributed by atoms with Gasteiger partial charge in [-0.05, 0) is 24.6 Å². The van der Waals surface area contributed by atoms with Crippen LogP contribution in [-0.4, -0.2) is 32.5 Å². The number of carbonyl (C=O) groups is 1. The molecule has 2 rings (SSSR count). The zero-order valence-electron chi connectivity index (χ0n) is 11.5. The lowest BCUT2D eigenvalue weighted by atomic mass is 10.0. The number of benzene rings is 1. The van der Waals surface area contributed by atoms with Crippen molar-refractivity contribution < 1.29 is 22.3 Å². The predicted octanol–water partition coefficient (Wildman–Crippen LogP) is 1.41. The van der Waals surface area contributed by atoms with Gasteiger partial charge in [0, 0.05) is 12.2 Å². The molecule has 0 bridgehead atoms. The molecule has 0 spiro atoms. The number of hydrogen-bond donors (Lipinski definition) is 0. The second-order valence-corrected chi connectivity index (χ2v) is 7.15. The van der Waals surface area contributed by atoms with E-state index in [1.165, 1.54) is 18.2 Å². The monoisotopic (exact) mass is 311 g/mol. The van der Waals surface area contributed by atoms with Crippen molar-refractivity contribution >= 4 is 15.8 Å². The van der Waals surface area contributed by atoms with Crippen LogP contribution in [-0.2, 0) is 19.4 Å². The SMILES string of the molecule is CCOC(=O)[C@]1(C#N)[C@H](c2cccc(F)c2)[C@@H]1S(C)(=O)=O. The molecule has 1 aliphatic rings. The van der Waals surface area contributed by atoms with E-state index in [0.29, 0.717) is 5.56 Å². The van der Waals surface area contributed by atoms with Gasteiger partial charge in [-0.1, -0.05) is 12.1 Å². The largest absolute Gasteiger partial charge is 0.465 e. The van der Waals surface area contributed by atoms with Gasteiger partial charge in [0.1, 0.15) is 11.1 Å². The van der Waals surface area contributed by atoms with E-state index in [1.54, 1.807) is 13.0 Å². The molecular weight excluding hydrogens is 297 g/mol. The zero-order chi connectivity index (χ0) is 15.8. The van der Waals surface area contributed by atoms with Crippen LogP contribution in [0.3, 0.4) is 0 Å². The average Bonchev–Trinajstić information content (AvgIpc) is 3.09. The van der Waals surface area contributed by atoms with Crippen molar-refractivity contribution in [2.75, 3.05) is 12.9 Å². The Bertz CT molecular complexity index is 725. The molecule has 5 nitrogen and oxygen atoms in total. The summed E-state index contributed by atoms with van der Waals surface area (Å²) >= 11 is 0. The summed E-state index contributed by atoms with van der Waals surface area (Å²) in [6, 6.07) is 7.05. The molecule has 0 N–H and O–H groups in total. The Labute approximate surface area is 122 Å². The van der Waals surface area contributed by atoms with E-state index in [0.717, 1.165) is 12.3 Å². The highest BCUT2D eigenvalue weighted by Crippen LogP contribution is 2.63. The maximum Gasteiger partial charge on any atom is 0.328 e. The fourth-order valence-electron chi connectivity index (χ4n) is 2.75. The van der Waals surface area contributed by atoms with Crippen LogP contribution in [0, 0.1) is 22.6 Å². The molecule has 0 aliphatic heterocycles. The number of hydrogen-bond acceptors (Lipinski definition) is 5. The maximum absolute atomic E-state index is 13.3. The minimum absolute atomic E-state index is 0.0363. The van der Waals surface area contributed by atoms with Crippen molar-refractivity contribution in [1.29, 1.82) is 5.26 Å². The van der Waals surface area contributed by atoms with E-state index in [4.69, 9.17) is 4.74 Å². The third-order valence-electron chi connectivity index (χ3n) is 3.60. The first-order chi connectivity index (χ1) is 9.79. The van der Waals surface area contributed by atoms with Crippen molar-refractivity contribution in [2.45, 2.75) is 18.1 Å². The molecule has 21 heavy (non-hydrogen) atoms. The van der Waals surface area contributed by atoms with Gasteiger partial charge < -0.3 is 4.74 Å². The number of sulfone groups is 1. The lowest BCUT2D eigenvalue weighted by Crippen LogP contribution is -2.24. The highest BCUT2D eigenvalue weighted by molar-refractivity contribution is 7.91. The quantitative estimate of drug-likeness (QED) is 0.785. The predicted molar refractivity (Wildman–Crippen MR) is 72.5 cm³/mol. The normalized spacial score (nSPS) is 27.7. The third-order valence-corrected chi connectivity index (χ3v) is 5.17. The first-order valence-electron chi connectivity index (χ1n) is 6.31. The molecule has 3 atom stereocenters. The summed E-state index contributed by atoms with van der Waals surface area (Å²) in [6.45, 7) is 1.60. The fourth-order valence-corrected chi connectivity index (χ4v) is 4.51. The van der Waals surface area contributed by atoms with Gasteiger partial charge in [0.15, 0.2) is 15.3 Å². The number of ether oxygens (including phenoxy) is 1. The van der Waals surface area contributed by atoms with Crippen molar-refractivity contribution in [2.24, 2.45) is 5.41 Å². The third kappa shape index (κ3) is 2.40. The van der Waals surface area contributed by atoms with Crippen LogP contribution in [0.1, 0.15) is 18.4 Å². The molecule has 1 aliphatic carbocycles. The smallest absolute Gasteiger partial charge is 0.328 e. The minimum Gasteiger partial charge on any atom is -0.465 e. The number of esters is 1. The summed E-state index contributed by atoms with van der Waals surface area (Å²) in [5.41, 5.74) is -1.49. The standard InChI is InChI=1S/C14H14FNO4S/c1-3-20-13(17)14(8-16)11(12(14)21(2,18)19)9-5-4-6-10(15)7-9/h4-7,11-12H,3H2,1-2H3/t11-,12+,14-/m1/s1. The molecule has 0 aromatic heterocycles. The van der Waals surface area contributed by atoms with E-state index in [1.807, 2.05) is 0 Å². The molecule has 0 amide bonds. The van der Waals surface area contributed by atoms with Crippen molar-refractivity contribution in [3.63, 3.8) is 0 Å². The summed E-state index contributed by atoms with van der Waals surface area (Å²) in [5, 5.41) is 8.17. The first kappa shape index (κ1) is 15.4. The number of nitriles is 1. The maximum atomic E-state index is 13.3. The first-order valence-corrected chi connectivity index (χ1v) is 8.27. The van der Waals surface area contributed by atoms with E-state index < -0.39 is 38.2 Å². The second kappa shape index (κ2) is 5.11. The second-order valence-electron chi connectivity index (χ2n) is 4.98. The zero-order valence-corrected chi connectivity index (χ0v) is 12.4.